The van der Waals surface area contributed by atoms with Gasteiger partial charge >= 0.3 is 0 Å². The second kappa shape index (κ2) is 7.87. The van der Waals surface area contributed by atoms with Gasteiger partial charge in [0.2, 0.25) is 0 Å². The molecule has 0 aliphatic carbocycles. The summed E-state index contributed by atoms with van der Waals surface area (Å²) in [6.45, 7) is 7.63. The van der Waals surface area contributed by atoms with Gasteiger partial charge in [-0.1, -0.05) is 18.5 Å². The monoisotopic (exact) mass is 297 g/mol. The van der Waals surface area contributed by atoms with Gasteiger partial charge in [0, 0.05) is 29.8 Å². The van der Waals surface area contributed by atoms with Crippen molar-refractivity contribution in [2.75, 3.05) is 26.4 Å². The van der Waals surface area contributed by atoms with Crippen LogP contribution in [0.3, 0.4) is 0 Å². The molecule has 0 amide bonds. The van der Waals surface area contributed by atoms with Crippen LogP contribution in [-0.2, 0) is 4.74 Å². The maximum absolute atomic E-state index is 6.11. The van der Waals surface area contributed by atoms with Crippen LogP contribution >= 0.6 is 11.6 Å². The Labute approximate surface area is 126 Å². The van der Waals surface area contributed by atoms with Gasteiger partial charge in [-0.25, -0.2) is 0 Å². The summed E-state index contributed by atoms with van der Waals surface area (Å²) in [5.41, 5.74) is 1.13. The molecule has 20 heavy (non-hydrogen) atoms. The summed E-state index contributed by atoms with van der Waals surface area (Å²) in [6.07, 6.45) is 2.18. The predicted molar refractivity (Wildman–Crippen MR) is 82.6 cm³/mol. The SMILES string of the molecule is CCNC(C)c1cc(Cl)ccc1OCC1CCOCC1. The van der Waals surface area contributed by atoms with Crippen molar-refractivity contribution in [2.24, 2.45) is 5.92 Å². The molecule has 0 saturated carbocycles. The Morgan fingerprint density at radius 3 is 2.85 bits per heavy atom. The van der Waals surface area contributed by atoms with Crippen LogP contribution in [-0.4, -0.2) is 26.4 Å². The first kappa shape index (κ1) is 15.6. The molecule has 3 nitrogen and oxygen atoms in total. The van der Waals surface area contributed by atoms with Gasteiger partial charge in [0.25, 0.3) is 0 Å². The third-order valence-electron chi connectivity index (χ3n) is 3.76. The smallest absolute Gasteiger partial charge is 0.124 e. The van der Waals surface area contributed by atoms with Crippen LogP contribution in [0.5, 0.6) is 5.75 Å². The van der Waals surface area contributed by atoms with E-state index in [0.29, 0.717) is 5.92 Å². The third kappa shape index (κ3) is 4.37. The molecule has 1 aromatic carbocycles. The normalized spacial score (nSPS) is 17.9. The number of rotatable bonds is 6. The molecule has 1 aliphatic heterocycles. The van der Waals surface area contributed by atoms with Crippen LogP contribution in [0.25, 0.3) is 0 Å². The summed E-state index contributed by atoms with van der Waals surface area (Å²) in [5.74, 6) is 1.54. The summed E-state index contributed by atoms with van der Waals surface area (Å²) in [7, 11) is 0. The molecule has 2 rings (SSSR count). The van der Waals surface area contributed by atoms with Gasteiger partial charge < -0.3 is 14.8 Å². The second-order valence-electron chi connectivity index (χ2n) is 5.33. The van der Waals surface area contributed by atoms with Crippen molar-refractivity contribution in [1.29, 1.82) is 0 Å². The highest BCUT2D eigenvalue weighted by atomic mass is 35.5. The minimum absolute atomic E-state index is 0.239. The first-order valence-electron chi connectivity index (χ1n) is 7.44. The van der Waals surface area contributed by atoms with Gasteiger partial charge in [0.1, 0.15) is 5.75 Å². The molecule has 1 atom stereocenters. The van der Waals surface area contributed by atoms with Crippen LogP contribution in [0.4, 0.5) is 0 Å². The highest BCUT2D eigenvalue weighted by Crippen LogP contribution is 2.29. The van der Waals surface area contributed by atoms with Crippen LogP contribution in [0.1, 0.15) is 38.3 Å². The predicted octanol–water partition coefficient (Wildman–Crippen LogP) is 3.82. The zero-order valence-electron chi connectivity index (χ0n) is 12.3. The van der Waals surface area contributed by atoms with E-state index in [2.05, 4.69) is 19.2 Å². The summed E-state index contributed by atoms with van der Waals surface area (Å²) < 4.78 is 11.4. The molecule has 1 N–H and O–H groups in total. The topological polar surface area (TPSA) is 30.5 Å². The van der Waals surface area contributed by atoms with Crippen molar-refractivity contribution in [3.63, 3.8) is 0 Å². The molecule has 1 aliphatic rings. The van der Waals surface area contributed by atoms with Crippen LogP contribution in [0.2, 0.25) is 5.02 Å². The molecule has 1 fully saturated rings. The minimum atomic E-state index is 0.239. The largest absolute Gasteiger partial charge is 0.493 e. The van der Waals surface area contributed by atoms with E-state index < -0.39 is 0 Å². The molecule has 0 aromatic heterocycles. The number of ether oxygens (including phenoxy) is 2. The number of nitrogens with one attached hydrogen (secondary N) is 1. The average Bonchev–Trinajstić information content (AvgIpc) is 2.47. The standard InChI is InChI=1S/C16H24ClNO2/c1-3-18-12(2)15-10-14(17)4-5-16(15)20-11-13-6-8-19-9-7-13/h4-5,10,12-13,18H,3,6-9,11H2,1-2H3. The summed E-state index contributed by atoms with van der Waals surface area (Å²) in [5, 5.41) is 4.16. The van der Waals surface area contributed by atoms with Crippen LogP contribution in [0.15, 0.2) is 18.2 Å². The number of benzene rings is 1. The molecule has 4 heteroatoms. The minimum Gasteiger partial charge on any atom is -0.493 e. The Morgan fingerprint density at radius 1 is 1.40 bits per heavy atom. The highest BCUT2D eigenvalue weighted by Gasteiger charge is 2.17. The number of hydrogen-bond acceptors (Lipinski definition) is 3. The van der Waals surface area contributed by atoms with E-state index in [0.717, 1.165) is 55.5 Å². The van der Waals surface area contributed by atoms with E-state index in [9.17, 15) is 0 Å². The molecule has 1 saturated heterocycles. The van der Waals surface area contributed by atoms with E-state index >= 15 is 0 Å². The first-order valence-corrected chi connectivity index (χ1v) is 7.82. The van der Waals surface area contributed by atoms with Crippen molar-refractivity contribution in [3.05, 3.63) is 28.8 Å². The molecule has 1 heterocycles. The van der Waals surface area contributed by atoms with Gasteiger partial charge in [-0.05, 0) is 50.4 Å². The lowest BCUT2D eigenvalue weighted by Gasteiger charge is -2.24. The van der Waals surface area contributed by atoms with Crippen LogP contribution < -0.4 is 10.1 Å². The van der Waals surface area contributed by atoms with Gasteiger partial charge in [0.15, 0.2) is 0 Å². The molecule has 0 spiro atoms. The molecular weight excluding hydrogens is 274 g/mol. The lowest BCUT2D eigenvalue weighted by atomic mass is 10.0. The second-order valence-corrected chi connectivity index (χ2v) is 5.76. The van der Waals surface area contributed by atoms with Crippen molar-refractivity contribution < 1.29 is 9.47 Å². The Bertz CT molecular complexity index is 419. The average molecular weight is 298 g/mol. The van der Waals surface area contributed by atoms with E-state index in [1.54, 1.807) is 0 Å². The van der Waals surface area contributed by atoms with Gasteiger partial charge in [-0.15, -0.1) is 0 Å². The highest BCUT2D eigenvalue weighted by molar-refractivity contribution is 6.30. The van der Waals surface area contributed by atoms with E-state index in [1.807, 2.05) is 18.2 Å². The zero-order valence-corrected chi connectivity index (χ0v) is 13.1. The maximum Gasteiger partial charge on any atom is 0.124 e. The Morgan fingerprint density at radius 2 is 2.15 bits per heavy atom. The van der Waals surface area contributed by atoms with Gasteiger partial charge in [-0.2, -0.15) is 0 Å². The van der Waals surface area contributed by atoms with Crippen molar-refractivity contribution >= 4 is 11.6 Å². The number of hydrogen-bond donors (Lipinski definition) is 1. The molecule has 0 bridgehead atoms. The van der Waals surface area contributed by atoms with E-state index in [4.69, 9.17) is 21.1 Å². The molecule has 0 radical (unpaired) electrons. The van der Waals surface area contributed by atoms with Crippen molar-refractivity contribution in [2.45, 2.75) is 32.7 Å². The van der Waals surface area contributed by atoms with Crippen LogP contribution in [0, 0.1) is 5.92 Å². The molecular formula is C16H24ClNO2. The number of halogens is 1. The fourth-order valence-electron chi connectivity index (χ4n) is 2.53. The quantitative estimate of drug-likeness (QED) is 0.866. The van der Waals surface area contributed by atoms with Crippen molar-refractivity contribution in [1.82, 2.24) is 5.32 Å². The molecule has 1 unspecified atom stereocenters. The lowest BCUT2D eigenvalue weighted by Crippen LogP contribution is -2.23. The third-order valence-corrected chi connectivity index (χ3v) is 4.00. The fourth-order valence-corrected chi connectivity index (χ4v) is 2.71. The molecule has 112 valence electrons. The Balaban J connectivity index is 2.01. The maximum atomic E-state index is 6.11. The lowest BCUT2D eigenvalue weighted by molar-refractivity contribution is 0.0495. The Kier molecular flexibility index (Phi) is 6.14. The zero-order chi connectivity index (χ0) is 14.4. The van der Waals surface area contributed by atoms with E-state index in [-0.39, 0.29) is 6.04 Å². The Hall–Kier alpha value is -0.770. The first-order chi connectivity index (χ1) is 9.70. The van der Waals surface area contributed by atoms with E-state index in [1.165, 1.54) is 0 Å². The summed E-state index contributed by atoms with van der Waals surface area (Å²) in [6, 6.07) is 6.10. The summed E-state index contributed by atoms with van der Waals surface area (Å²) >= 11 is 6.11. The van der Waals surface area contributed by atoms with Gasteiger partial charge in [-0.3, -0.25) is 0 Å². The van der Waals surface area contributed by atoms with Gasteiger partial charge in [0.05, 0.1) is 6.61 Å². The summed E-state index contributed by atoms with van der Waals surface area (Å²) in [4.78, 5) is 0. The molecule has 1 aromatic rings. The fraction of sp³-hybridized carbons (Fsp3) is 0.625. The van der Waals surface area contributed by atoms with Crippen molar-refractivity contribution in [3.8, 4) is 5.75 Å².